The Morgan fingerprint density at radius 2 is 2.38 bits per heavy atom. The van der Waals surface area contributed by atoms with Crippen LogP contribution < -0.4 is 0 Å². The van der Waals surface area contributed by atoms with Gasteiger partial charge in [-0.1, -0.05) is 15.9 Å². The number of rotatable bonds is 3. The van der Waals surface area contributed by atoms with Gasteiger partial charge in [-0.15, -0.1) is 0 Å². The number of nitrogens with zero attached hydrogens (tertiary/aromatic N) is 1. The molecule has 0 radical (unpaired) electrons. The van der Waals surface area contributed by atoms with Crippen molar-refractivity contribution in [1.82, 2.24) is 4.90 Å². The lowest BCUT2D eigenvalue weighted by Gasteiger charge is -2.26. The van der Waals surface area contributed by atoms with Crippen LogP contribution in [0, 0.1) is 0 Å². The minimum atomic E-state index is 0.185. The number of ether oxygens (including phenoxy) is 1. The standard InChI is InChI=1S/C9H16BrNO2/c1-7-8(4-6-13-7)11(2)9(12)3-5-10/h7-8H,3-6H2,1-2H3. The molecule has 0 bridgehead atoms. The van der Waals surface area contributed by atoms with Crippen LogP contribution in [0.1, 0.15) is 19.8 Å². The largest absolute Gasteiger partial charge is 0.376 e. The van der Waals surface area contributed by atoms with Crippen LogP contribution in [-0.4, -0.2) is 41.9 Å². The van der Waals surface area contributed by atoms with E-state index in [1.54, 1.807) is 0 Å². The smallest absolute Gasteiger partial charge is 0.223 e. The van der Waals surface area contributed by atoms with Crippen molar-refractivity contribution in [2.24, 2.45) is 0 Å². The first-order valence-electron chi connectivity index (χ1n) is 4.60. The molecule has 1 rings (SSSR count). The highest BCUT2D eigenvalue weighted by Crippen LogP contribution is 2.18. The average Bonchev–Trinajstić information content (AvgIpc) is 2.50. The Morgan fingerprint density at radius 1 is 1.69 bits per heavy atom. The zero-order chi connectivity index (χ0) is 9.84. The number of hydrogen-bond acceptors (Lipinski definition) is 2. The molecule has 4 heteroatoms. The van der Waals surface area contributed by atoms with Gasteiger partial charge in [-0.2, -0.15) is 0 Å². The lowest BCUT2D eigenvalue weighted by atomic mass is 10.1. The maximum Gasteiger partial charge on any atom is 0.223 e. The molecule has 1 heterocycles. The number of carbonyl (C=O) groups is 1. The molecular weight excluding hydrogens is 234 g/mol. The molecule has 1 fully saturated rings. The highest BCUT2D eigenvalue weighted by molar-refractivity contribution is 9.09. The van der Waals surface area contributed by atoms with Gasteiger partial charge in [-0.05, 0) is 13.3 Å². The fourth-order valence-corrected chi connectivity index (χ4v) is 2.01. The van der Waals surface area contributed by atoms with Crippen molar-refractivity contribution >= 4 is 21.8 Å². The lowest BCUT2D eigenvalue weighted by molar-refractivity contribution is -0.132. The molecule has 0 aromatic rings. The van der Waals surface area contributed by atoms with Crippen LogP contribution >= 0.6 is 15.9 Å². The molecule has 1 aliphatic heterocycles. The Morgan fingerprint density at radius 3 is 2.85 bits per heavy atom. The fourth-order valence-electron chi connectivity index (χ4n) is 1.67. The second-order valence-corrected chi connectivity index (χ2v) is 4.17. The summed E-state index contributed by atoms with van der Waals surface area (Å²) in [6.07, 6.45) is 1.72. The Labute approximate surface area is 87.6 Å². The van der Waals surface area contributed by atoms with Gasteiger partial charge in [-0.3, -0.25) is 4.79 Å². The third-order valence-corrected chi connectivity index (χ3v) is 2.93. The van der Waals surface area contributed by atoms with Crippen molar-refractivity contribution in [3.05, 3.63) is 0 Å². The summed E-state index contributed by atoms with van der Waals surface area (Å²) >= 11 is 3.26. The molecule has 1 amide bonds. The number of halogens is 1. The summed E-state index contributed by atoms with van der Waals surface area (Å²) < 4.78 is 5.41. The van der Waals surface area contributed by atoms with E-state index in [-0.39, 0.29) is 18.1 Å². The van der Waals surface area contributed by atoms with Crippen LogP contribution in [0.15, 0.2) is 0 Å². The topological polar surface area (TPSA) is 29.5 Å². The van der Waals surface area contributed by atoms with Gasteiger partial charge in [0.05, 0.1) is 12.1 Å². The molecule has 0 saturated carbocycles. The molecule has 0 aromatic heterocycles. The minimum Gasteiger partial charge on any atom is -0.376 e. The van der Waals surface area contributed by atoms with Crippen molar-refractivity contribution < 1.29 is 9.53 Å². The predicted molar refractivity (Wildman–Crippen MR) is 55.0 cm³/mol. The van der Waals surface area contributed by atoms with Crippen LogP contribution in [0.4, 0.5) is 0 Å². The Bertz CT molecular complexity index is 186. The summed E-state index contributed by atoms with van der Waals surface area (Å²) in [5.41, 5.74) is 0. The van der Waals surface area contributed by atoms with Gasteiger partial charge in [0, 0.05) is 25.4 Å². The highest BCUT2D eigenvalue weighted by atomic mass is 79.9. The van der Waals surface area contributed by atoms with Gasteiger partial charge < -0.3 is 9.64 Å². The van der Waals surface area contributed by atoms with Crippen molar-refractivity contribution in [3.8, 4) is 0 Å². The van der Waals surface area contributed by atoms with Crippen molar-refractivity contribution in [1.29, 1.82) is 0 Å². The third kappa shape index (κ3) is 2.68. The molecule has 3 nitrogen and oxygen atoms in total. The van der Waals surface area contributed by atoms with E-state index in [0.717, 1.165) is 18.4 Å². The normalized spacial score (nSPS) is 27.6. The van der Waals surface area contributed by atoms with E-state index < -0.39 is 0 Å². The Hall–Kier alpha value is -0.0900. The first-order valence-corrected chi connectivity index (χ1v) is 5.72. The van der Waals surface area contributed by atoms with E-state index in [4.69, 9.17) is 4.74 Å². The molecule has 1 saturated heterocycles. The minimum absolute atomic E-state index is 0.185. The summed E-state index contributed by atoms with van der Waals surface area (Å²) in [5, 5.41) is 0.734. The Balaban J connectivity index is 2.45. The van der Waals surface area contributed by atoms with Gasteiger partial charge in [0.25, 0.3) is 0 Å². The highest BCUT2D eigenvalue weighted by Gasteiger charge is 2.29. The van der Waals surface area contributed by atoms with Crippen molar-refractivity contribution in [2.75, 3.05) is 19.0 Å². The monoisotopic (exact) mass is 249 g/mol. The van der Waals surface area contributed by atoms with E-state index in [1.807, 2.05) is 18.9 Å². The molecular formula is C9H16BrNO2. The third-order valence-electron chi connectivity index (χ3n) is 2.54. The van der Waals surface area contributed by atoms with Crippen molar-refractivity contribution in [2.45, 2.75) is 31.9 Å². The number of hydrogen-bond donors (Lipinski definition) is 0. The van der Waals surface area contributed by atoms with E-state index in [1.165, 1.54) is 0 Å². The van der Waals surface area contributed by atoms with E-state index in [0.29, 0.717) is 6.42 Å². The molecule has 0 spiro atoms. The second kappa shape index (κ2) is 4.96. The molecule has 1 aliphatic rings. The zero-order valence-corrected chi connectivity index (χ0v) is 9.71. The quantitative estimate of drug-likeness (QED) is 0.709. The van der Waals surface area contributed by atoms with Crippen molar-refractivity contribution in [3.63, 3.8) is 0 Å². The van der Waals surface area contributed by atoms with Gasteiger partial charge in [0.1, 0.15) is 0 Å². The number of carbonyl (C=O) groups excluding carboxylic acids is 1. The lowest BCUT2D eigenvalue weighted by Crippen LogP contribution is -2.41. The van der Waals surface area contributed by atoms with E-state index >= 15 is 0 Å². The molecule has 76 valence electrons. The zero-order valence-electron chi connectivity index (χ0n) is 8.12. The molecule has 0 aliphatic carbocycles. The van der Waals surface area contributed by atoms with Crippen LogP contribution in [0.5, 0.6) is 0 Å². The van der Waals surface area contributed by atoms with Gasteiger partial charge >= 0.3 is 0 Å². The van der Waals surface area contributed by atoms with Crippen LogP contribution in [0.3, 0.4) is 0 Å². The fraction of sp³-hybridized carbons (Fsp3) is 0.889. The molecule has 13 heavy (non-hydrogen) atoms. The SMILES string of the molecule is CC1OCCC1N(C)C(=O)CCBr. The Kier molecular flexibility index (Phi) is 4.19. The van der Waals surface area contributed by atoms with Gasteiger partial charge in [0.2, 0.25) is 5.91 Å². The summed E-state index contributed by atoms with van der Waals surface area (Å²) in [7, 11) is 1.86. The number of likely N-dealkylation sites (N-methyl/N-ethyl adjacent to an activating group) is 1. The summed E-state index contributed by atoms with van der Waals surface area (Å²) in [6.45, 7) is 2.80. The average molecular weight is 250 g/mol. The summed E-state index contributed by atoms with van der Waals surface area (Å²) in [5.74, 6) is 0.194. The predicted octanol–water partition coefficient (Wildman–Crippen LogP) is 1.41. The molecule has 2 atom stereocenters. The first-order chi connectivity index (χ1) is 6.16. The maximum absolute atomic E-state index is 11.5. The van der Waals surface area contributed by atoms with Crippen LogP contribution in [-0.2, 0) is 9.53 Å². The van der Waals surface area contributed by atoms with E-state index in [2.05, 4.69) is 15.9 Å². The summed E-state index contributed by atoms with van der Waals surface area (Å²) in [6, 6.07) is 0.270. The first kappa shape index (κ1) is 11.0. The van der Waals surface area contributed by atoms with E-state index in [9.17, 15) is 4.79 Å². The maximum atomic E-state index is 11.5. The number of alkyl halides is 1. The molecule has 2 unspecified atom stereocenters. The summed E-state index contributed by atoms with van der Waals surface area (Å²) in [4.78, 5) is 13.3. The van der Waals surface area contributed by atoms with Gasteiger partial charge in [-0.25, -0.2) is 0 Å². The second-order valence-electron chi connectivity index (χ2n) is 3.38. The van der Waals surface area contributed by atoms with Crippen LogP contribution in [0.25, 0.3) is 0 Å². The number of amides is 1. The molecule has 0 N–H and O–H groups in total. The molecule has 0 aromatic carbocycles. The van der Waals surface area contributed by atoms with Gasteiger partial charge in [0.15, 0.2) is 0 Å². The van der Waals surface area contributed by atoms with Crippen LogP contribution in [0.2, 0.25) is 0 Å².